The summed E-state index contributed by atoms with van der Waals surface area (Å²) in [5.74, 6) is 2.06. The van der Waals surface area contributed by atoms with Crippen LogP contribution >= 0.6 is 11.8 Å². The summed E-state index contributed by atoms with van der Waals surface area (Å²) >= 11 is 1.94. The van der Waals surface area contributed by atoms with E-state index >= 15 is 0 Å². The van der Waals surface area contributed by atoms with Crippen LogP contribution in [0.1, 0.15) is 16.9 Å². The first kappa shape index (κ1) is 13.2. The summed E-state index contributed by atoms with van der Waals surface area (Å²) < 4.78 is 0. The van der Waals surface area contributed by atoms with Crippen LogP contribution in [0.3, 0.4) is 0 Å². The Morgan fingerprint density at radius 1 is 1.25 bits per heavy atom. The number of nitrogens with zero attached hydrogens (tertiary/aromatic N) is 2. The van der Waals surface area contributed by atoms with Gasteiger partial charge in [-0.2, -0.15) is 11.8 Å². The van der Waals surface area contributed by atoms with E-state index in [0.717, 1.165) is 47.6 Å². The van der Waals surface area contributed by atoms with Crippen molar-refractivity contribution < 1.29 is 9.90 Å². The van der Waals surface area contributed by atoms with Gasteiger partial charge in [-0.05, 0) is 23.6 Å². The van der Waals surface area contributed by atoms with Gasteiger partial charge in [0.2, 0.25) is 0 Å². The van der Waals surface area contributed by atoms with Crippen molar-refractivity contribution in [1.29, 1.82) is 0 Å². The van der Waals surface area contributed by atoms with Crippen molar-refractivity contribution in [3.63, 3.8) is 0 Å². The first-order valence-electron chi connectivity index (χ1n) is 6.71. The molecule has 1 aliphatic heterocycles. The summed E-state index contributed by atoms with van der Waals surface area (Å²) in [5, 5.41) is 11.2. The van der Waals surface area contributed by atoms with Gasteiger partial charge in [-0.15, -0.1) is 0 Å². The average molecular weight is 288 g/mol. The molecule has 0 bridgehead atoms. The van der Waals surface area contributed by atoms with E-state index in [1.165, 1.54) is 0 Å². The van der Waals surface area contributed by atoms with E-state index in [1.807, 2.05) is 36.0 Å². The minimum atomic E-state index is -0.971. The SMILES string of the molecule is O=C(O)c1cc2ccccc2c(N2CCCSCC2)n1. The van der Waals surface area contributed by atoms with Gasteiger partial charge in [0.05, 0.1) is 0 Å². The monoisotopic (exact) mass is 288 g/mol. The molecule has 1 aromatic heterocycles. The van der Waals surface area contributed by atoms with Crippen molar-refractivity contribution >= 4 is 34.3 Å². The average Bonchev–Trinajstić information content (AvgIpc) is 2.75. The molecule has 1 aliphatic rings. The van der Waals surface area contributed by atoms with Crippen LogP contribution in [0.5, 0.6) is 0 Å². The van der Waals surface area contributed by atoms with Crippen LogP contribution in [0, 0.1) is 0 Å². The van der Waals surface area contributed by atoms with Gasteiger partial charge in [0.25, 0.3) is 0 Å². The summed E-state index contributed by atoms with van der Waals surface area (Å²) in [4.78, 5) is 17.9. The van der Waals surface area contributed by atoms with Crippen molar-refractivity contribution in [2.24, 2.45) is 0 Å². The van der Waals surface area contributed by atoms with Crippen molar-refractivity contribution in [3.05, 3.63) is 36.0 Å². The topological polar surface area (TPSA) is 53.4 Å². The lowest BCUT2D eigenvalue weighted by atomic mass is 10.1. The first-order chi connectivity index (χ1) is 9.75. The predicted octanol–water partition coefficient (Wildman–Crippen LogP) is 2.88. The van der Waals surface area contributed by atoms with Crippen molar-refractivity contribution in [2.45, 2.75) is 6.42 Å². The van der Waals surface area contributed by atoms with Crippen LogP contribution in [-0.2, 0) is 0 Å². The predicted molar refractivity (Wildman–Crippen MR) is 82.9 cm³/mol. The fraction of sp³-hybridized carbons (Fsp3) is 0.333. The minimum Gasteiger partial charge on any atom is -0.477 e. The highest BCUT2D eigenvalue weighted by Gasteiger charge is 2.17. The number of hydrogen-bond donors (Lipinski definition) is 1. The number of rotatable bonds is 2. The summed E-state index contributed by atoms with van der Waals surface area (Å²) in [5.41, 5.74) is 0.121. The number of carbonyl (C=O) groups is 1. The fourth-order valence-corrected chi connectivity index (χ4v) is 3.38. The highest BCUT2D eigenvalue weighted by atomic mass is 32.2. The van der Waals surface area contributed by atoms with E-state index in [2.05, 4.69) is 9.88 Å². The highest BCUT2D eigenvalue weighted by molar-refractivity contribution is 7.99. The lowest BCUT2D eigenvalue weighted by Crippen LogP contribution is -2.27. The molecular weight excluding hydrogens is 272 g/mol. The maximum absolute atomic E-state index is 11.3. The minimum absolute atomic E-state index is 0.121. The molecule has 0 amide bonds. The summed E-state index contributed by atoms with van der Waals surface area (Å²) in [6.07, 6.45) is 1.11. The zero-order chi connectivity index (χ0) is 13.9. The van der Waals surface area contributed by atoms with Gasteiger partial charge >= 0.3 is 5.97 Å². The van der Waals surface area contributed by atoms with E-state index in [-0.39, 0.29) is 5.69 Å². The number of fused-ring (bicyclic) bond motifs is 1. The second-order valence-corrected chi connectivity index (χ2v) is 6.04. The standard InChI is InChI=1S/C15H16N2O2S/c18-15(19)13-10-11-4-1-2-5-12(11)14(16-13)17-6-3-8-20-9-7-17/h1-2,4-5,10H,3,6-9H2,(H,18,19). The molecule has 0 saturated carbocycles. The van der Waals surface area contributed by atoms with Crippen molar-refractivity contribution in [1.82, 2.24) is 4.98 Å². The lowest BCUT2D eigenvalue weighted by Gasteiger charge is -2.23. The van der Waals surface area contributed by atoms with E-state index in [0.29, 0.717) is 0 Å². The molecular formula is C15H16N2O2S. The summed E-state index contributed by atoms with van der Waals surface area (Å²) in [6.45, 7) is 1.86. The molecule has 0 spiro atoms. The van der Waals surface area contributed by atoms with Crippen LogP contribution in [0.4, 0.5) is 5.82 Å². The molecule has 0 atom stereocenters. The maximum Gasteiger partial charge on any atom is 0.354 e. The van der Waals surface area contributed by atoms with Gasteiger partial charge in [0, 0.05) is 24.2 Å². The second kappa shape index (κ2) is 5.71. The molecule has 1 N–H and O–H groups in total. The summed E-state index contributed by atoms with van der Waals surface area (Å²) in [7, 11) is 0. The Bertz CT molecular complexity index is 637. The van der Waals surface area contributed by atoms with E-state index < -0.39 is 5.97 Å². The molecule has 2 aromatic rings. The molecule has 1 fully saturated rings. The molecule has 104 valence electrons. The molecule has 5 heteroatoms. The number of carboxylic acids is 1. The number of benzene rings is 1. The van der Waals surface area contributed by atoms with E-state index in [9.17, 15) is 9.90 Å². The fourth-order valence-electron chi connectivity index (χ4n) is 2.49. The molecule has 0 unspecified atom stereocenters. The Labute approximate surface area is 121 Å². The van der Waals surface area contributed by atoms with Crippen LogP contribution in [0.25, 0.3) is 10.8 Å². The Morgan fingerprint density at radius 2 is 2.10 bits per heavy atom. The first-order valence-corrected chi connectivity index (χ1v) is 7.87. The largest absolute Gasteiger partial charge is 0.477 e. The third-order valence-electron chi connectivity index (χ3n) is 3.46. The van der Waals surface area contributed by atoms with Crippen LogP contribution in [0.2, 0.25) is 0 Å². The molecule has 4 nitrogen and oxygen atoms in total. The molecule has 3 rings (SSSR count). The Kier molecular flexibility index (Phi) is 3.78. The third kappa shape index (κ3) is 2.58. The smallest absolute Gasteiger partial charge is 0.354 e. The molecule has 20 heavy (non-hydrogen) atoms. The molecule has 1 aromatic carbocycles. The number of pyridine rings is 1. The van der Waals surface area contributed by atoms with Crippen LogP contribution in [-0.4, -0.2) is 40.7 Å². The quantitative estimate of drug-likeness (QED) is 0.921. The summed E-state index contributed by atoms with van der Waals surface area (Å²) in [6, 6.07) is 9.51. The molecule has 2 heterocycles. The van der Waals surface area contributed by atoms with Gasteiger partial charge < -0.3 is 10.0 Å². The number of carboxylic acid groups (broad SMARTS) is 1. The van der Waals surface area contributed by atoms with E-state index in [4.69, 9.17) is 0 Å². The van der Waals surface area contributed by atoms with Gasteiger partial charge in [0.15, 0.2) is 5.69 Å². The van der Waals surface area contributed by atoms with Gasteiger partial charge in [-0.1, -0.05) is 24.3 Å². The Hall–Kier alpha value is -1.75. The number of anilines is 1. The van der Waals surface area contributed by atoms with Crippen LogP contribution in [0.15, 0.2) is 30.3 Å². The Balaban J connectivity index is 2.13. The zero-order valence-corrected chi connectivity index (χ0v) is 11.9. The second-order valence-electron chi connectivity index (χ2n) is 4.81. The number of thioether (sulfide) groups is 1. The third-order valence-corrected chi connectivity index (χ3v) is 4.51. The number of aromatic carboxylic acids is 1. The highest BCUT2D eigenvalue weighted by Crippen LogP contribution is 2.27. The number of aromatic nitrogens is 1. The van der Waals surface area contributed by atoms with E-state index in [1.54, 1.807) is 6.07 Å². The van der Waals surface area contributed by atoms with Crippen molar-refractivity contribution in [3.8, 4) is 0 Å². The van der Waals surface area contributed by atoms with Crippen LogP contribution < -0.4 is 4.90 Å². The molecule has 1 saturated heterocycles. The maximum atomic E-state index is 11.3. The molecule has 0 aliphatic carbocycles. The molecule has 0 radical (unpaired) electrons. The van der Waals surface area contributed by atoms with Gasteiger partial charge in [0.1, 0.15) is 5.82 Å². The lowest BCUT2D eigenvalue weighted by molar-refractivity contribution is 0.0691. The normalized spacial score (nSPS) is 16.1. The Morgan fingerprint density at radius 3 is 2.95 bits per heavy atom. The zero-order valence-electron chi connectivity index (χ0n) is 11.1. The van der Waals surface area contributed by atoms with Gasteiger partial charge in [-0.3, -0.25) is 0 Å². The van der Waals surface area contributed by atoms with Gasteiger partial charge in [-0.25, -0.2) is 9.78 Å². The van der Waals surface area contributed by atoms with Crippen molar-refractivity contribution in [2.75, 3.05) is 29.5 Å². The number of hydrogen-bond acceptors (Lipinski definition) is 4.